The van der Waals surface area contributed by atoms with E-state index in [0.717, 1.165) is 44.8 Å². The first-order valence-corrected chi connectivity index (χ1v) is 8.49. The minimum Gasteiger partial charge on any atom is -0.342 e. The summed E-state index contributed by atoms with van der Waals surface area (Å²) in [4.78, 5) is 15.8. The number of hydrogen-bond acceptors (Lipinski definition) is 3. The lowest BCUT2D eigenvalue weighted by molar-refractivity contribution is -0.133. The van der Waals surface area contributed by atoms with E-state index in [-0.39, 0.29) is 5.92 Å². The summed E-state index contributed by atoms with van der Waals surface area (Å²) in [5.74, 6) is 2.38. The number of nitrogens with zero attached hydrogens (tertiary/aromatic N) is 1. The van der Waals surface area contributed by atoms with Crippen LogP contribution < -0.4 is 5.32 Å². The zero-order valence-corrected chi connectivity index (χ0v) is 12.6. The molecule has 0 saturated carbocycles. The molecule has 2 aliphatic heterocycles. The summed E-state index contributed by atoms with van der Waals surface area (Å²) < 4.78 is 0. The van der Waals surface area contributed by atoms with Crippen molar-refractivity contribution in [3.8, 4) is 0 Å². The quantitative estimate of drug-likeness (QED) is 0.863. The molecule has 20 heavy (non-hydrogen) atoms. The van der Waals surface area contributed by atoms with Gasteiger partial charge >= 0.3 is 0 Å². The summed E-state index contributed by atoms with van der Waals surface area (Å²) in [5.41, 5.74) is 0. The molecule has 3 nitrogen and oxygen atoms in total. The Morgan fingerprint density at radius 3 is 2.90 bits per heavy atom. The molecule has 1 amide bonds. The van der Waals surface area contributed by atoms with E-state index in [0.29, 0.717) is 11.8 Å². The number of hydrogen-bond donors (Lipinski definition) is 1. The molecule has 1 aromatic rings. The first kappa shape index (κ1) is 14.0. The Morgan fingerprint density at radius 1 is 1.30 bits per heavy atom. The third kappa shape index (κ3) is 3.36. The zero-order valence-electron chi connectivity index (χ0n) is 11.8. The molecule has 0 spiro atoms. The minimum absolute atomic E-state index is 0.232. The molecular formula is C16H22N2OS. The number of likely N-dealkylation sites (tertiary alicyclic amines) is 1. The average Bonchev–Trinajstić information content (AvgIpc) is 3.17. The van der Waals surface area contributed by atoms with Crippen molar-refractivity contribution in [2.24, 2.45) is 11.8 Å². The lowest BCUT2D eigenvalue weighted by Gasteiger charge is -2.20. The van der Waals surface area contributed by atoms with Crippen LogP contribution in [0.4, 0.5) is 0 Å². The fourth-order valence-electron chi connectivity index (χ4n) is 3.02. The van der Waals surface area contributed by atoms with Crippen LogP contribution in [-0.2, 0) is 4.79 Å². The molecule has 0 aromatic heterocycles. The molecule has 2 heterocycles. The van der Waals surface area contributed by atoms with Crippen LogP contribution in [-0.4, -0.2) is 42.7 Å². The van der Waals surface area contributed by atoms with E-state index in [1.54, 1.807) is 0 Å². The van der Waals surface area contributed by atoms with Gasteiger partial charge in [-0.3, -0.25) is 4.79 Å². The van der Waals surface area contributed by atoms with Crippen LogP contribution in [0.3, 0.4) is 0 Å². The highest BCUT2D eigenvalue weighted by Crippen LogP contribution is 2.27. The maximum absolute atomic E-state index is 12.3. The average molecular weight is 290 g/mol. The SMILES string of the molecule is O=C(C1CCNC1)N1CCC(CSc2ccccc2)C1. The highest BCUT2D eigenvalue weighted by atomic mass is 32.2. The Balaban J connectivity index is 1.46. The van der Waals surface area contributed by atoms with Crippen LogP contribution in [0.2, 0.25) is 0 Å². The molecule has 2 fully saturated rings. The van der Waals surface area contributed by atoms with Crippen molar-refractivity contribution in [1.82, 2.24) is 10.2 Å². The summed E-state index contributed by atoms with van der Waals surface area (Å²) in [7, 11) is 0. The van der Waals surface area contributed by atoms with Crippen molar-refractivity contribution in [3.05, 3.63) is 30.3 Å². The number of rotatable bonds is 4. The molecule has 108 valence electrons. The predicted molar refractivity (Wildman–Crippen MR) is 82.8 cm³/mol. The Kier molecular flexibility index (Phi) is 4.63. The molecule has 0 bridgehead atoms. The van der Waals surface area contributed by atoms with E-state index in [2.05, 4.69) is 40.5 Å². The molecule has 2 saturated heterocycles. The van der Waals surface area contributed by atoms with Gasteiger partial charge in [-0.25, -0.2) is 0 Å². The van der Waals surface area contributed by atoms with Gasteiger partial charge in [0.05, 0.1) is 5.92 Å². The van der Waals surface area contributed by atoms with Gasteiger partial charge in [0, 0.05) is 30.3 Å². The molecule has 1 aromatic carbocycles. The Bertz CT molecular complexity index is 445. The maximum atomic E-state index is 12.3. The summed E-state index contributed by atoms with van der Waals surface area (Å²) in [6, 6.07) is 10.5. The zero-order chi connectivity index (χ0) is 13.8. The third-order valence-corrected chi connectivity index (χ3v) is 5.48. The Morgan fingerprint density at radius 2 is 2.15 bits per heavy atom. The van der Waals surface area contributed by atoms with E-state index in [1.165, 1.54) is 4.90 Å². The third-order valence-electron chi connectivity index (χ3n) is 4.24. The smallest absolute Gasteiger partial charge is 0.227 e. The van der Waals surface area contributed by atoms with Crippen molar-refractivity contribution in [2.75, 3.05) is 31.9 Å². The van der Waals surface area contributed by atoms with Crippen molar-refractivity contribution >= 4 is 17.7 Å². The molecule has 2 atom stereocenters. The molecule has 2 unspecified atom stereocenters. The number of thioether (sulfide) groups is 1. The van der Waals surface area contributed by atoms with Gasteiger partial charge in [0.25, 0.3) is 0 Å². The second kappa shape index (κ2) is 6.64. The van der Waals surface area contributed by atoms with Gasteiger partial charge in [-0.15, -0.1) is 11.8 Å². The van der Waals surface area contributed by atoms with Gasteiger partial charge in [0.15, 0.2) is 0 Å². The molecule has 0 aliphatic carbocycles. The topological polar surface area (TPSA) is 32.3 Å². The largest absolute Gasteiger partial charge is 0.342 e. The minimum atomic E-state index is 0.232. The second-order valence-electron chi connectivity index (χ2n) is 5.75. The molecule has 3 rings (SSSR count). The number of amides is 1. The van der Waals surface area contributed by atoms with Gasteiger partial charge in [-0.2, -0.15) is 0 Å². The van der Waals surface area contributed by atoms with Crippen LogP contribution in [0.15, 0.2) is 35.2 Å². The molecule has 4 heteroatoms. The highest BCUT2D eigenvalue weighted by molar-refractivity contribution is 7.99. The summed E-state index contributed by atoms with van der Waals surface area (Å²) >= 11 is 1.91. The van der Waals surface area contributed by atoms with E-state index in [4.69, 9.17) is 0 Å². The first-order chi connectivity index (χ1) is 9.83. The predicted octanol–water partition coefficient (Wildman–Crippen LogP) is 2.24. The Labute approximate surface area is 125 Å². The number of carbonyl (C=O) groups is 1. The van der Waals surface area contributed by atoms with Crippen molar-refractivity contribution in [2.45, 2.75) is 17.7 Å². The van der Waals surface area contributed by atoms with E-state index >= 15 is 0 Å². The molecular weight excluding hydrogens is 268 g/mol. The fraction of sp³-hybridized carbons (Fsp3) is 0.562. The van der Waals surface area contributed by atoms with Crippen molar-refractivity contribution in [3.63, 3.8) is 0 Å². The first-order valence-electron chi connectivity index (χ1n) is 7.50. The normalized spacial score (nSPS) is 26.1. The van der Waals surface area contributed by atoms with Gasteiger partial charge in [-0.05, 0) is 37.4 Å². The maximum Gasteiger partial charge on any atom is 0.227 e. The van der Waals surface area contributed by atoms with Gasteiger partial charge in [0.2, 0.25) is 5.91 Å². The summed E-state index contributed by atoms with van der Waals surface area (Å²) in [6.45, 7) is 3.78. The fourth-order valence-corrected chi connectivity index (χ4v) is 4.07. The lowest BCUT2D eigenvalue weighted by atomic mass is 10.1. The number of nitrogens with one attached hydrogen (secondary N) is 1. The van der Waals surface area contributed by atoms with E-state index < -0.39 is 0 Å². The van der Waals surface area contributed by atoms with Gasteiger partial charge in [-0.1, -0.05) is 18.2 Å². The highest BCUT2D eigenvalue weighted by Gasteiger charge is 2.32. The van der Waals surface area contributed by atoms with Crippen molar-refractivity contribution < 1.29 is 4.79 Å². The summed E-state index contributed by atoms with van der Waals surface area (Å²) in [6.07, 6.45) is 2.17. The van der Waals surface area contributed by atoms with Gasteiger partial charge in [0.1, 0.15) is 0 Å². The van der Waals surface area contributed by atoms with Gasteiger partial charge < -0.3 is 10.2 Å². The van der Waals surface area contributed by atoms with Crippen LogP contribution in [0.25, 0.3) is 0 Å². The van der Waals surface area contributed by atoms with Crippen LogP contribution >= 0.6 is 11.8 Å². The summed E-state index contributed by atoms with van der Waals surface area (Å²) in [5, 5.41) is 3.28. The van der Waals surface area contributed by atoms with Crippen molar-refractivity contribution in [1.29, 1.82) is 0 Å². The van der Waals surface area contributed by atoms with Crippen LogP contribution in [0.1, 0.15) is 12.8 Å². The van der Waals surface area contributed by atoms with E-state index in [9.17, 15) is 4.79 Å². The standard InChI is InChI=1S/C16H22N2OS/c19-16(14-6-8-17-10-14)18-9-7-13(11-18)12-20-15-4-2-1-3-5-15/h1-5,13-14,17H,6-12H2. The molecule has 0 radical (unpaired) electrons. The number of carbonyl (C=O) groups excluding carboxylic acids is 1. The second-order valence-corrected chi connectivity index (χ2v) is 6.85. The monoisotopic (exact) mass is 290 g/mol. The Hall–Kier alpha value is -1.00. The lowest BCUT2D eigenvalue weighted by Crippen LogP contribution is -2.35. The number of benzene rings is 1. The van der Waals surface area contributed by atoms with Crippen LogP contribution in [0, 0.1) is 11.8 Å². The molecule has 2 aliphatic rings. The molecule has 1 N–H and O–H groups in total. The van der Waals surface area contributed by atoms with Crippen LogP contribution in [0.5, 0.6) is 0 Å². The van der Waals surface area contributed by atoms with E-state index in [1.807, 2.05) is 11.8 Å².